The molecule has 1 aliphatic heterocycles. The number of nitrogens with zero attached hydrogens (tertiary/aromatic N) is 3. The van der Waals surface area contributed by atoms with Crippen molar-refractivity contribution in [2.75, 3.05) is 23.8 Å². The molecule has 0 unspecified atom stereocenters. The number of fused-ring (bicyclic) bond motifs is 1. The van der Waals surface area contributed by atoms with Gasteiger partial charge >= 0.3 is 0 Å². The molecule has 0 radical (unpaired) electrons. The van der Waals surface area contributed by atoms with Crippen molar-refractivity contribution in [2.24, 2.45) is 5.92 Å². The zero-order valence-electron chi connectivity index (χ0n) is 16.8. The molecule has 3 aromatic rings. The van der Waals surface area contributed by atoms with Crippen LogP contribution in [0.5, 0.6) is 5.75 Å². The molecular weight excluding hydrogens is 364 g/mol. The fourth-order valence-corrected chi connectivity index (χ4v) is 3.57. The van der Waals surface area contributed by atoms with E-state index in [1.807, 2.05) is 48.5 Å². The molecule has 2 aromatic carbocycles. The highest BCUT2D eigenvalue weighted by Gasteiger charge is 2.29. The first-order valence-electron chi connectivity index (χ1n) is 10.0. The maximum Gasteiger partial charge on any atom is 0.282 e. The lowest BCUT2D eigenvalue weighted by Gasteiger charge is -2.30. The van der Waals surface area contributed by atoms with E-state index in [0.717, 1.165) is 35.5 Å². The number of hydrogen-bond acceptors (Lipinski definition) is 4. The molecule has 150 valence electrons. The normalized spacial score (nSPS) is 13.4. The van der Waals surface area contributed by atoms with Crippen LogP contribution in [0.15, 0.2) is 54.7 Å². The SMILES string of the molecule is CC(C)COc1cn(-c2ccccc2)nc1C(=O)N1CCCc2c(N)cccc21. The van der Waals surface area contributed by atoms with E-state index >= 15 is 0 Å². The number of aromatic nitrogens is 2. The molecule has 2 N–H and O–H groups in total. The summed E-state index contributed by atoms with van der Waals surface area (Å²) in [6, 6.07) is 15.4. The molecule has 0 bridgehead atoms. The smallest absolute Gasteiger partial charge is 0.282 e. The van der Waals surface area contributed by atoms with Crippen molar-refractivity contribution in [1.29, 1.82) is 0 Å². The molecule has 29 heavy (non-hydrogen) atoms. The molecule has 0 saturated heterocycles. The summed E-state index contributed by atoms with van der Waals surface area (Å²) in [4.78, 5) is 15.3. The van der Waals surface area contributed by atoms with Gasteiger partial charge in [-0.25, -0.2) is 4.68 Å². The van der Waals surface area contributed by atoms with Gasteiger partial charge in [-0.15, -0.1) is 0 Å². The second-order valence-corrected chi connectivity index (χ2v) is 7.73. The highest BCUT2D eigenvalue weighted by Crippen LogP contribution is 2.33. The van der Waals surface area contributed by atoms with Gasteiger partial charge in [-0.2, -0.15) is 5.10 Å². The number of carbonyl (C=O) groups is 1. The lowest BCUT2D eigenvalue weighted by molar-refractivity contribution is 0.0975. The highest BCUT2D eigenvalue weighted by molar-refractivity contribution is 6.07. The number of ether oxygens (including phenoxy) is 1. The predicted octanol–water partition coefficient (Wildman–Crippen LogP) is 4.08. The van der Waals surface area contributed by atoms with Gasteiger partial charge < -0.3 is 15.4 Å². The van der Waals surface area contributed by atoms with Crippen LogP contribution in [-0.2, 0) is 6.42 Å². The van der Waals surface area contributed by atoms with Gasteiger partial charge in [-0.3, -0.25) is 4.79 Å². The number of amides is 1. The zero-order chi connectivity index (χ0) is 20.4. The monoisotopic (exact) mass is 390 g/mol. The Morgan fingerprint density at radius 2 is 1.97 bits per heavy atom. The van der Waals surface area contributed by atoms with Gasteiger partial charge in [-0.1, -0.05) is 38.1 Å². The van der Waals surface area contributed by atoms with E-state index in [1.54, 1.807) is 15.8 Å². The Hall–Kier alpha value is -3.28. The van der Waals surface area contributed by atoms with Crippen molar-refractivity contribution >= 4 is 17.3 Å². The summed E-state index contributed by atoms with van der Waals surface area (Å²) >= 11 is 0. The summed E-state index contributed by atoms with van der Waals surface area (Å²) in [5, 5.41) is 4.60. The fourth-order valence-electron chi connectivity index (χ4n) is 3.57. The fraction of sp³-hybridized carbons (Fsp3) is 0.304. The third-order valence-corrected chi connectivity index (χ3v) is 5.01. The second kappa shape index (κ2) is 7.99. The predicted molar refractivity (Wildman–Crippen MR) is 115 cm³/mol. The first-order valence-corrected chi connectivity index (χ1v) is 10.0. The van der Waals surface area contributed by atoms with Crippen LogP contribution in [0.3, 0.4) is 0 Å². The molecule has 0 aliphatic carbocycles. The second-order valence-electron chi connectivity index (χ2n) is 7.73. The molecule has 6 heteroatoms. The zero-order valence-corrected chi connectivity index (χ0v) is 16.8. The van der Waals surface area contributed by atoms with E-state index in [-0.39, 0.29) is 5.91 Å². The Bertz CT molecular complexity index is 1010. The van der Waals surface area contributed by atoms with E-state index in [4.69, 9.17) is 10.5 Å². The van der Waals surface area contributed by atoms with E-state index in [2.05, 4.69) is 18.9 Å². The average molecular weight is 390 g/mol. The minimum atomic E-state index is -0.162. The number of para-hydroxylation sites is 1. The van der Waals surface area contributed by atoms with E-state index in [0.29, 0.717) is 30.5 Å². The number of carbonyl (C=O) groups excluding carboxylic acids is 1. The summed E-state index contributed by atoms with van der Waals surface area (Å²) in [5.74, 6) is 0.683. The summed E-state index contributed by atoms with van der Waals surface area (Å²) in [7, 11) is 0. The minimum absolute atomic E-state index is 0.162. The Kier molecular flexibility index (Phi) is 5.25. The van der Waals surface area contributed by atoms with Crippen LogP contribution in [-0.4, -0.2) is 28.8 Å². The van der Waals surface area contributed by atoms with Crippen LogP contribution in [0, 0.1) is 5.92 Å². The number of rotatable bonds is 5. The molecule has 0 atom stereocenters. The molecule has 0 fully saturated rings. The van der Waals surface area contributed by atoms with Gasteiger partial charge in [0.05, 0.1) is 18.5 Å². The first kappa shape index (κ1) is 19.1. The molecule has 1 aromatic heterocycles. The largest absolute Gasteiger partial charge is 0.489 e. The molecule has 2 heterocycles. The Balaban J connectivity index is 1.73. The minimum Gasteiger partial charge on any atom is -0.489 e. The van der Waals surface area contributed by atoms with Gasteiger partial charge in [0.15, 0.2) is 11.4 Å². The maximum atomic E-state index is 13.5. The Labute approximate surface area is 170 Å². The number of benzene rings is 2. The van der Waals surface area contributed by atoms with Crippen LogP contribution in [0.2, 0.25) is 0 Å². The highest BCUT2D eigenvalue weighted by atomic mass is 16.5. The molecule has 0 saturated carbocycles. The van der Waals surface area contributed by atoms with Crippen molar-refractivity contribution in [3.05, 3.63) is 66.0 Å². The molecule has 4 rings (SSSR count). The van der Waals surface area contributed by atoms with Crippen LogP contribution >= 0.6 is 0 Å². The molecule has 1 aliphatic rings. The topological polar surface area (TPSA) is 73.4 Å². The van der Waals surface area contributed by atoms with Crippen LogP contribution in [0.25, 0.3) is 5.69 Å². The lowest BCUT2D eigenvalue weighted by atomic mass is 9.99. The number of hydrogen-bond donors (Lipinski definition) is 1. The van der Waals surface area contributed by atoms with Crippen molar-refractivity contribution in [2.45, 2.75) is 26.7 Å². The molecule has 1 amide bonds. The number of anilines is 2. The molecular formula is C23H26N4O2. The number of nitrogens with two attached hydrogens (primary N) is 1. The summed E-state index contributed by atoms with van der Waals surface area (Å²) in [6.07, 6.45) is 3.53. The standard InChI is InChI=1S/C23H26N4O2/c1-16(2)15-29-21-14-27(17-8-4-3-5-9-17)25-22(21)23(28)26-13-7-10-18-19(24)11-6-12-20(18)26/h3-6,8-9,11-12,14,16H,7,10,13,15,24H2,1-2H3. The van der Waals surface area contributed by atoms with Crippen molar-refractivity contribution in [3.63, 3.8) is 0 Å². The van der Waals surface area contributed by atoms with Gasteiger partial charge in [0.25, 0.3) is 5.91 Å². The number of nitrogen functional groups attached to an aromatic ring is 1. The Morgan fingerprint density at radius 3 is 2.72 bits per heavy atom. The summed E-state index contributed by atoms with van der Waals surface area (Å²) in [6.45, 7) is 5.31. The van der Waals surface area contributed by atoms with Gasteiger partial charge in [0.2, 0.25) is 0 Å². The Morgan fingerprint density at radius 1 is 1.17 bits per heavy atom. The third-order valence-electron chi connectivity index (χ3n) is 5.01. The van der Waals surface area contributed by atoms with Gasteiger partial charge in [0.1, 0.15) is 0 Å². The quantitative estimate of drug-likeness (QED) is 0.666. The van der Waals surface area contributed by atoms with Crippen LogP contribution in [0.1, 0.15) is 36.3 Å². The summed E-state index contributed by atoms with van der Waals surface area (Å²) in [5.41, 5.74) is 9.97. The molecule has 6 nitrogen and oxygen atoms in total. The lowest BCUT2D eigenvalue weighted by Crippen LogP contribution is -2.36. The average Bonchev–Trinajstić information content (AvgIpc) is 3.17. The van der Waals surface area contributed by atoms with Crippen molar-refractivity contribution < 1.29 is 9.53 Å². The van der Waals surface area contributed by atoms with E-state index in [9.17, 15) is 4.79 Å². The molecule has 0 spiro atoms. The summed E-state index contributed by atoms with van der Waals surface area (Å²) < 4.78 is 7.67. The maximum absolute atomic E-state index is 13.5. The van der Waals surface area contributed by atoms with Gasteiger partial charge in [-0.05, 0) is 48.6 Å². The van der Waals surface area contributed by atoms with Crippen molar-refractivity contribution in [1.82, 2.24) is 9.78 Å². The van der Waals surface area contributed by atoms with Gasteiger partial charge in [0, 0.05) is 17.9 Å². The first-order chi connectivity index (χ1) is 14.0. The third kappa shape index (κ3) is 3.83. The van der Waals surface area contributed by atoms with Crippen LogP contribution in [0.4, 0.5) is 11.4 Å². The van der Waals surface area contributed by atoms with Crippen LogP contribution < -0.4 is 15.4 Å². The van der Waals surface area contributed by atoms with E-state index in [1.165, 1.54) is 0 Å². The van der Waals surface area contributed by atoms with Crippen molar-refractivity contribution in [3.8, 4) is 11.4 Å². The van der Waals surface area contributed by atoms with E-state index < -0.39 is 0 Å².